The average molecular weight is 132 g/mol. The van der Waals surface area contributed by atoms with Crippen molar-refractivity contribution in [2.45, 2.75) is 31.9 Å². The van der Waals surface area contributed by atoms with Gasteiger partial charge in [0.15, 0.2) is 0 Å². The van der Waals surface area contributed by atoms with E-state index in [0.717, 1.165) is 12.8 Å². The summed E-state index contributed by atoms with van der Waals surface area (Å²) in [6, 6.07) is 0. The lowest BCUT2D eigenvalue weighted by atomic mass is 10.2. The molecule has 2 heteroatoms. The Hall–Kier alpha value is -0.110. The summed E-state index contributed by atoms with van der Waals surface area (Å²) >= 11 is 0. The van der Waals surface area contributed by atoms with Crippen molar-refractivity contribution in [3.8, 4) is 0 Å². The Morgan fingerprint density at radius 2 is 2.44 bits per heavy atom. The molecule has 0 saturated heterocycles. The molecule has 0 heterocycles. The molecule has 1 N–H and O–H groups in total. The molecule has 1 aliphatic carbocycles. The third-order valence-electron chi connectivity index (χ3n) is 2.06. The van der Waals surface area contributed by atoms with Crippen LogP contribution in [0.4, 0.5) is 4.39 Å². The van der Waals surface area contributed by atoms with Crippen molar-refractivity contribution < 1.29 is 9.50 Å². The van der Waals surface area contributed by atoms with E-state index in [1.54, 1.807) is 0 Å². The van der Waals surface area contributed by atoms with E-state index >= 15 is 0 Å². The minimum atomic E-state index is -1.18. The summed E-state index contributed by atoms with van der Waals surface area (Å²) in [4.78, 5) is 0. The van der Waals surface area contributed by atoms with Crippen LogP contribution in [0.25, 0.3) is 0 Å². The van der Waals surface area contributed by atoms with Gasteiger partial charge in [-0.3, -0.25) is 0 Å². The maximum atomic E-state index is 12.8. The van der Waals surface area contributed by atoms with Crippen LogP contribution in [0.5, 0.6) is 0 Å². The quantitative estimate of drug-likeness (QED) is 0.617. The van der Waals surface area contributed by atoms with Gasteiger partial charge in [-0.2, -0.15) is 0 Å². The molecule has 0 spiro atoms. The maximum absolute atomic E-state index is 12.8. The highest BCUT2D eigenvalue weighted by Gasteiger charge is 2.53. The molecule has 1 rings (SSSR count). The normalized spacial score (nSPS) is 41.0. The fourth-order valence-electron chi connectivity index (χ4n) is 1.25. The Morgan fingerprint density at radius 3 is 2.78 bits per heavy atom. The van der Waals surface area contributed by atoms with Crippen LogP contribution in [0, 0.1) is 5.92 Å². The highest BCUT2D eigenvalue weighted by molar-refractivity contribution is 5.02. The SMILES string of the molecule is CCCC1CC1(F)CO. The highest BCUT2D eigenvalue weighted by Crippen LogP contribution is 2.49. The number of aliphatic hydroxyl groups is 1. The molecule has 1 nitrogen and oxygen atoms in total. The van der Waals surface area contributed by atoms with Crippen molar-refractivity contribution in [1.29, 1.82) is 0 Å². The fraction of sp³-hybridized carbons (Fsp3) is 1.00. The summed E-state index contributed by atoms with van der Waals surface area (Å²) in [6.45, 7) is 1.76. The molecule has 0 aromatic carbocycles. The first-order chi connectivity index (χ1) is 4.23. The van der Waals surface area contributed by atoms with Gasteiger partial charge in [-0.15, -0.1) is 0 Å². The summed E-state index contributed by atoms with van der Waals surface area (Å²) < 4.78 is 12.8. The Morgan fingerprint density at radius 1 is 1.78 bits per heavy atom. The fourth-order valence-corrected chi connectivity index (χ4v) is 1.25. The van der Waals surface area contributed by atoms with E-state index in [1.165, 1.54) is 0 Å². The summed E-state index contributed by atoms with van der Waals surface area (Å²) in [6.07, 6.45) is 2.53. The van der Waals surface area contributed by atoms with Crippen molar-refractivity contribution in [3.63, 3.8) is 0 Å². The summed E-state index contributed by atoms with van der Waals surface area (Å²) in [7, 11) is 0. The molecule has 2 atom stereocenters. The molecule has 1 fully saturated rings. The first kappa shape index (κ1) is 7.00. The van der Waals surface area contributed by atoms with Crippen molar-refractivity contribution in [2.24, 2.45) is 5.92 Å². The summed E-state index contributed by atoms with van der Waals surface area (Å²) in [5, 5.41) is 8.49. The van der Waals surface area contributed by atoms with E-state index in [4.69, 9.17) is 5.11 Å². The van der Waals surface area contributed by atoms with Crippen molar-refractivity contribution in [2.75, 3.05) is 6.61 Å². The molecule has 0 aliphatic heterocycles. The standard InChI is InChI=1S/C7H13FO/c1-2-3-6-4-7(6,8)5-9/h6,9H,2-5H2,1H3. The Labute approximate surface area is 54.9 Å². The largest absolute Gasteiger partial charge is 0.393 e. The Bertz CT molecular complexity index is 103. The summed E-state index contributed by atoms with van der Waals surface area (Å²) in [5.41, 5.74) is -1.18. The third-order valence-corrected chi connectivity index (χ3v) is 2.06. The van der Waals surface area contributed by atoms with Crippen LogP contribution < -0.4 is 0 Å². The van der Waals surface area contributed by atoms with Gasteiger partial charge in [0.05, 0.1) is 6.61 Å². The molecule has 0 aromatic heterocycles. The predicted molar refractivity (Wildman–Crippen MR) is 33.9 cm³/mol. The topological polar surface area (TPSA) is 20.2 Å². The number of hydrogen-bond donors (Lipinski definition) is 1. The second kappa shape index (κ2) is 2.25. The smallest absolute Gasteiger partial charge is 0.137 e. The number of aliphatic hydroxyl groups excluding tert-OH is 1. The molecule has 1 aliphatic rings. The average Bonchev–Trinajstić information content (AvgIpc) is 2.46. The van der Waals surface area contributed by atoms with Crippen LogP contribution >= 0.6 is 0 Å². The van der Waals surface area contributed by atoms with E-state index in [0.29, 0.717) is 6.42 Å². The van der Waals surface area contributed by atoms with Gasteiger partial charge in [-0.05, 0) is 18.8 Å². The van der Waals surface area contributed by atoms with Crippen LogP contribution in [0.2, 0.25) is 0 Å². The highest BCUT2D eigenvalue weighted by atomic mass is 19.1. The zero-order valence-electron chi connectivity index (χ0n) is 5.73. The molecule has 0 bridgehead atoms. The van der Waals surface area contributed by atoms with Gasteiger partial charge >= 0.3 is 0 Å². The lowest BCUT2D eigenvalue weighted by Crippen LogP contribution is -2.09. The van der Waals surface area contributed by atoms with Crippen LogP contribution in [0.3, 0.4) is 0 Å². The molecule has 0 amide bonds. The number of halogens is 1. The first-order valence-electron chi connectivity index (χ1n) is 3.52. The van der Waals surface area contributed by atoms with Crippen molar-refractivity contribution in [1.82, 2.24) is 0 Å². The Kier molecular flexibility index (Phi) is 1.75. The van der Waals surface area contributed by atoms with Crippen LogP contribution in [-0.4, -0.2) is 17.4 Å². The van der Waals surface area contributed by atoms with E-state index in [2.05, 4.69) is 0 Å². The van der Waals surface area contributed by atoms with Gasteiger partial charge in [0.25, 0.3) is 0 Å². The number of rotatable bonds is 3. The van der Waals surface area contributed by atoms with Gasteiger partial charge in [-0.25, -0.2) is 4.39 Å². The summed E-state index contributed by atoms with van der Waals surface area (Å²) in [5.74, 6) is 0.160. The molecule has 0 radical (unpaired) electrons. The van der Waals surface area contributed by atoms with Crippen molar-refractivity contribution >= 4 is 0 Å². The molecule has 9 heavy (non-hydrogen) atoms. The second-order valence-electron chi connectivity index (χ2n) is 2.88. The van der Waals surface area contributed by atoms with E-state index in [9.17, 15) is 4.39 Å². The van der Waals surface area contributed by atoms with Gasteiger partial charge in [-0.1, -0.05) is 13.3 Å². The van der Waals surface area contributed by atoms with Crippen LogP contribution in [-0.2, 0) is 0 Å². The molecule has 54 valence electrons. The number of hydrogen-bond acceptors (Lipinski definition) is 1. The maximum Gasteiger partial charge on any atom is 0.137 e. The predicted octanol–water partition coefficient (Wildman–Crippen LogP) is 1.51. The molecular weight excluding hydrogens is 119 g/mol. The minimum Gasteiger partial charge on any atom is -0.393 e. The molecule has 2 unspecified atom stereocenters. The van der Waals surface area contributed by atoms with E-state index in [-0.39, 0.29) is 12.5 Å². The van der Waals surface area contributed by atoms with E-state index < -0.39 is 5.67 Å². The molecule has 1 saturated carbocycles. The first-order valence-corrected chi connectivity index (χ1v) is 3.52. The Balaban J connectivity index is 2.22. The van der Waals surface area contributed by atoms with Gasteiger partial charge < -0.3 is 5.11 Å². The lowest BCUT2D eigenvalue weighted by Gasteiger charge is -1.99. The van der Waals surface area contributed by atoms with Crippen LogP contribution in [0.15, 0.2) is 0 Å². The molecule has 0 aromatic rings. The van der Waals surface area contributed by atoms with Gasteiger partial charge in [0.1, 0.15) is 5.67 Å². The third kappa shape index (κ3) is 1.23. The minimum absolute atomic E-state index is 0.160. The lowest BCUT2D eigenvalue weighted by molar-refractivity contribution is 0.144. The van der Waals surface area contributed by atoms with Gasteiger partial charge in [0.2, 0.25) is 0 Å². The monoisotopic (exact) mass is 132 g/mol. The zero-order valence-corrected chi connectivity index (χ0v) is 5.73. The van der Waals surface area contributed by atoms with Gasteiger partial charge in [0, 0.05) is 0 Å². The number of alkyl halides is 1. The van der Waals surface area contributed by atoms with Crippen LogP contribution in [0.1, 0.15) is 26.2 Å². The van der Waals surface area contributed by atoms with E-state index in [1.807, 2.05) is 6.92 Å². The van der Waals surface area contributed by atoms with Crippen molar-refractivity contribution in [3.05, 3.63) is 0 Å². The molecular formula is C7H13FO. The second-order valence-corrected chi connectivity index (χ2v) is 2.88. The zero-order chi connectivity index (χ0) is 6.91.